The van der Waals surface area contributed by atoms with E-state index in [1.807, 2.05) is 6.92 Å². The quantitative estimate of drug-likeness (QED) is 0.857. The second-order valence-electron chi connectivity index (χ2n) is 3.47. The van der Waals surface area contributed by atoms with Crippen LogP contribution in [0.3, 0.4) is 0 Å². The van der Waals surface area contributed by atoms with Crippen LogP contribution in [0.5, 0.6) is 0 Å². The highest BCUT2D eigenvalue weighted by atomic mass is 32.2. The SMILES string of the molecule is CCCNS(=O)(=O)c1c(NC)nc2sccn12. The van der Waals surface area contributed by atoms with Gasteiger partial charge in [-0.3, -0.25) is 4.40 Å². The molecule has 2 aromatic rings. The zero-order valence-electron chi connectivity index (χ0n) is 9.60. The number of nitrogens with one attached hydrogen (secondary N) is 2. The molecule has 6 nitrogen and oxygen atoms in total. The van der Waals surface area contributed by atoms with Crippen molar-refractivity contribution in [2.75, 3.05) is 18.9 Å². The number of hydrogen-bond acceptors (Lipinski definition) is 5. The summed E-state index contributed by atoms with van der Waals surface area (Å²) in [5.74, 6) is 0.375. The Kier molecular flexibility index (Phi) is 3.36. The first kappa shape index (κ1) is 12.3. The molecule has 0 aromatic carbocycles. The van der Waals surface area contributed by atoms with Crippen molar-refractivity contribution >= 4 is 32.1 Å². The number of fused-ring (bicyclic) bond motifs is 1. The van der Waals surface area contributed by atoms with Gasteiger partial charge in [0.2, 0.25) is 0 Å². The molecule has 8 heteroatoms. The third-order valence-corrected chi connectivity index (χ3v) is 4.49. The molecule has 2 aromatic heterocycles. The Labute approximate surface area is 104 Å². The summed E-state index contributed by atoms with van der Waals surface area (Å²) < 4.78 is 28.4. The number of rotatable bonds is 5. The van der Waals surface area contributed by atoms with Crippen LogP contribution in [0, 0.1) is 0 Å². The molecule has 0 unspecified atom stereocenters. The number of imidazole rings is 1. The second-order valence-corrected chi connectivity index (χ2v) is 6.02. The number of nitrogens with zero attached hydrogens (tertiary/aromatic N) is 2. The minimum absolute atomic E-state index is 0.171. The maximum Gasteiger partial charge on any atom is 0.260 e. The van der Waals surface area contributed by atoms with Crippen LogP contribution in [0.25, 0.3) is 4.96 Å². The molecule has 0 fully saturated rings. The van der Waals surface area contributed by atoms with Gasteiger partial charge in [0.25, 0.3) is 10.0 Å². The number of aromatic nitrogens is 2. The van der Waals surface area contributed by atoms with Crippen molar-refractivity contribution in [1.82, 2.24) is 14.1 Å². The van der Waals surface area contributed by atoms with Gasteiger partial charge in [-0.2, -0.15) is 0 Å². The number of hydrogen-bond donors (Lipinski definition) is 2. The van der Waals surface area contributed by atoms with Gasteiger partial charge < -0.3 is 5.32 Å². The van der Waals surface area contributed by atoms with E-state index in [4.69, 9.17) is 0 Å². The van der Waals surface area contributed by atoms with Crippen molar-refractivity contribution in [3.8, 4) is 0 Å². The predicted molar refractivity (Wildman–Crippen MR) is 68.1 cm³/mol. The van der Waals surface area contributed by atoms with E-state index < -0.39 is 10.0 Å². The minimum Gasteiger partial charge on any atom is -0.371 e. The van der Waals surface area contributed by atoms with E-state index in [1.165, 1.54) is 11.3 Å². The van der Waals surface area contributed by atoms with Gasteiger partial charge in [-0.05, 0) is 6.42 Å². The monoisotopic (exact) mass is 274 g/mol. The average Bonchev–Trinajstić information content (AvgIpc) is 2.84. The van der Waals surface area contributed by atoms with E-state index in [9.17, 15) is 8.42 Å². The third kappa shape index (κ3) is 2.15. The topological polar surface area (TPSA) is 75.5 Å². The molecule has 2 heterocycles. The van der Waals surface area contributed by atoms with E-state index in [0.29, 0.717) is 17.3 Å². The van der Waals surface area contributed by atoms with Crippen LogP contribution in [-0.2, 0) is 10.0 Å². The highest BCUT2D eigenvalue weighted by Gasteiger charge is 2.24. The first-order valence-corrected chi connectivity index (χ1v) is 7.59. The van der Waals surface area contributed by atoms with E-state index in [0.717, 1.165) is 6.42 Å². The molecule has 0 aliphatic rings. The lowest BCUT2D eigenvalue weighted by atomic mass is 10.5. The number of sulfonamides is 1. The zero-order chi connectivity index (χ0) is 12.5. The van der Waals surface area contributed by atoms with E-state index in [-0.39, 0.29) is 5.03 Å². The first-order valence-electron chi connectivity index (χ1n) is 5.23. The van der Waals surface area contributed by atoms with Crippen LogP contribution in [0.15, 0.2) is 16.6 Å². The summed E-state index contributed by atoms with van der Waals surface area (Å²) in [6.07, 6.45) is 2.45. The van der Waals surface area contributed by atoms with Crippen LogP contribution in [-0.4, -0.2) is 31.4 Å². The smallest absolute Gasteiger partial charge is 0.260 e. The Hall–Kier alpha value is -1.12. The van der Waals surface area contributed by atoms with Gasteiger partial charge in [0.1, 0.15) is 0 Å². The molecule has 0 bridgehead atoms. The van der Waals surface area contributed by atoms with E-state index in [1.54, 1.807) is 23.0 Å². The molecule has 0 saturated carbocycles. The van der Waals surface area contributed by atoms with Crippen LogP contribution in [0.1, 0.15) is 13.3 Å². The van der Waals surface area contributed by atoms with E-state index >= 15 is 0 Å². The fourth-order valence-corrected chi connectivity index (χ4v) is 3.68. The second kappa shape index (κ2) is 4.63. The van der Waals surface area contributed by atoms with Gasteiger partial charge in [0.05, 0.1) is 0 Å². The molecule has 2 N–H and O–H groups in total. The highest BCUT2D eigenvalue weighted by molar-refractivity contribution is 7.89. The van der Waals surface area contributed by atoms with Crippen LogP contribution in [0.2, 0.25) is 0 Å². The Morgan fingerprint density at radius 2 is 2.29 bits per heavy atom. The molecule has 0 amide bonds. The average molecular weight is 274 g/mol. The van der Waals surface area contributed by atoms with Crippen molar-refractivity contribution in [2.45, 2.75) is 18.4 Å². The van der Waals surface area contributed by atoms with Crippen molar-refractivity contribution in [1.29, 1.82) is 0 Å². The summed E-state index contributed by atoms with van der Waals surface area (Å²) in [7, 11) is -1.87. The molecular weight excluding hydrogens is 260 g/mol. The first-order chi connectivity index (χ1) is 8.10. The van der Waals surface area contributed by atoms with Crippen LogP contribution in [0.4, 0.5) is 5.82 Å². The van der Waals surface area contributed by atoms with Crippen molar-refractivity contribution in [3.63, 3.8) is 0 Å². The predicted octanol–water partition coefficient (Wildman–Crippen LogP) is 1.13. The minimum atomic E-state index is -3.52. The lowest BCUT2D eigenvalue weighted by Gasteiger charge is -2.06. The van der Waals surface area contributed by atoms with Crippen LogP contribution >= 0.6 is 11.3 Å². The molecule has 0 spiro atoms. The Morgan fingerprint density at radius 1 is 1.53 bits per heavy atom. The van der Waals surface area contributed by atoms with Gasteiger partial charge in [-0.25, -0.2) is 18.1 Å². The maximum absolute atomic E-state index is 12.1. The summed E-state index contributed by atoms with van der Waals surface area (Å²) in [6.45, 7) is 2.33. The molecule has 0 radical (unpaired) electrons. The maximum atomic E-state index is 12.1. The number of thiazole rings is 1. The largest absolute Gasteiger partial charge is 0.371 e. The van der Waals surface area contributed by atoms with Crippen molar-refractivity contribution < 1.29 is 8.42 Å². The zero-order valence-corrected chi connectivity index (χ0v) is 11.2. The Balaban J connectivity index is 2.55. The lowest BCUT2D eigenvalue weighted by Crippen LogP contribution is -2.26. The van der Waals surface area contributed by atoms with Crippen LogP contribution < -0.4 is 10.0 Å². The standard InChI is InChI=1S/C9H14N4O2S2/c1-3-4-11-17(14,15)8-7(10-2)12-9-13(8)5-6-16-9/h5-6,10-11H,3-4H2,1-2H3. The highest BCUT2D eigenvalue weighted by Crippen LogP contribution is 2.24. The fourth-order valence-electron chi connectivity index (χ4n) is 1.49. The van der Waals surface area contributed by atoms with Gasteiger partial charge in [-0.1, -0.05) is 6.92 Å². The van der Waals surface area contributed by atoms with Gasteiger partial charge in [-0.15, -0.1) is 11.3 Å². The molecule has 0 aliphatic heterocycles. The summed E-state index contributed by atoms with van der Waals surface area (Å²) >= 11 is 1.40. The van der Waals surface area contributed by atoms with Gasteiger partial charge in [0.15, 0.2) is 15.8 Å². The molecule has 17 heavy (non-hydrogen) atoms. The Bertz CT molecular complexity index is 614. The molecule has 0 aliphatic carbocycles. The fraction of sp³-hybridized carbons (Fsp3) is 0.444. The van der Waals surface area contributed by atoms with Gasteiger partial charge >= 0.3 is 0 Å². The van der Waals surface area contributed by atoms with Crippen molar-refractivity contribution in [2.24, 2.45) is 0 Å². The third-order valence-electron chi connectivity index (χ3n) is 2.25. The molecule has 0 saturated heterocycles. The molecule has 2 rings (SSSR count). The Morgan fingerprint density at radius 3 is 2.94 bits per heavy atom. The normalized spacial score (nSPS) is 12.1. The summed E-state index contributed by atoms with van der Waals surface area (Å²) in [5, 5.41) is 4.79. The molecule has 94 valence electrons. The van der Waals surface area contributed by atoms with E-state index in [2.05, 4.69) is 15.0 Å². The molecular formula is C9H14N4O2S2. The summed E-state index contributed by atoms with van der Waals surface area (Å²) in [4.78, 5) is 4.88. The molecule has 0 atom stereocenters. The summed E-state index contributed by atoms with van der Waals surface area (Å²) in [5.41, 5.74) is 0. The van der Waals surface area contributed by atoms with Crippen molar-refractivity contribution in [3.05, 3.63) is 11.6 Å². The number of anilines is 1. The summed E-state index contributed by atoms with van der Waals surface area (Å²) in [6, 6.07) is 0. The van der Waals surface area contributed by atoms with Gasteiger partial charge in [0, 0.05) is 25.2 Å². The lowest BCUT2D eigenvalue weighted by molar-refractivity contribution is 0.576.